The van der Waals surface area contributed by atoms with Crippen molar-refractivity contribution in [1.82, 2.24) is 16.0 Å². The van der Waals surface area contributed by atoms with Gasteiger partial charge >= 0.3 is 24.1 Å². The predicted molar refractivity (Wildman–Crippen MR) is 171 cm³/mol. The number of ether oxygens (including phenoxy) is 2. The Balaban J connectivity index is 0.00000618. The van der Waals surface area contributed by atoms with Gasteiger partial charge in [-0.25, -0.2) is 9.59 Å². The van der Waals surface area contributed by atoms with Crippen LogP contribution < -0.4 is 16.0 Å². The fourth-order valence-electron chi connectivity index (χ4n) is 4.28. The number of hydrogen-bond donors (Lipinski definition) is 3. The summed E-state index contributed by atoms with van der Waals surface area (Å²) in [6.07, 6.45) is 3.22. The molecule has 1 rings (SSSR count). The SMILES string of the molecule is C[C@@H](Cc1ccccc1)C(=O)NCCCC[C@H](NC(=O)N[C@@H](CCC(=O)OC(C)(C)C)C(=O)OC(C)(C)C)C(C)(C)C.O=C=O. The standard InChI is InChI=1S/C33H55N3O6.CO2/c1-23(22-24-16-12-11-13-17-24)28(38)34-21-15-14-18-26(31(2,3)4)36-30(40)35-25(29(39)42-33(8,9)10)19-20-27(37)41-32(5,6)7;2-1-3/h11-13,16-17,23,25-26H,14-15,18-22H2,1-10H3,(H,34,38)(H2,35,36,40);/t23-,25-,26-;/m0./s1. The van der Waals surface area contributed by atoms with Gasteiger partial charge in [-0.3, -0.25) is 9.59 Å². The van der Waals surface area contributed by atoms with E-state index in [1.165, 1.54) is 0 Å². The van der Waals surface area contributed by atoms with E-state index in [0.29, 0.717) is 19.4 Å². The molecule has 0 aliphatic carbocycles. The summed E-state index contributed by atoms with van der Waals surface area (Å²) in [7, 11) is 0. The lowest BCUT2D eigenvalue weighted by Gasteiger charge is -2.32. The van der Waals surface area contributed by atoms with Gasteiger partial charge in [0, 0.05) is 24.9 Å². The maximum absolute atomic E-state index is 13.1. The lowest BCUT2D eigenvalue weighted by Crippen LogP contribution is -2.53. The minimum absolute atomic E-state index is 0.0308. The van der Waals surface area contributed by atoms with Crippen molar-refractivity contribution in [1.29, 1.82) is 0 Å². The van der Waals surface area contributed by atoms with Crippen LogP contribution in [0, 0.1) is 11.3 Å². The lowest BCUT2D eigenvalue weighted by molar-refractivity contribution is -0.191. The van der Waals surface area contributed by atoms with Crippen LogP contribution in [-0.4, -0.2) is 59.9 Å². The summed E-state index contributed by atoms with van der Waals surface area (Å²) in [4.78, 5) is 67.0. The Kier molecular flexibility index (Phi) is 18.0. The molecule has 3 atom stereocenters. The predicted octanol–water partition coefficient (Wildman–Crippen LogP) is 5.11. The maximum atomic E-state index is 13.1. The number of rotatable bonds is 14. The first-order chi connectivity index (χ1) is 20.7. The third kappa shape index (κ3) is 20.8. The summed E-state index contributed by atoms with van der Waals surface area (Å²) in [5, 5.41) is 8.76. The van der Waals surface area contributed by atoms with Crippen LogP contribution in [0.25, 0.3) is 0 Å². The van der Waals surface area contributed by atoms with Crippen molar-refractivity contribution in [3.8, 4) is 0 Å². The van der Waals surface area contributed by atoms with Crippen LogP contribution in [0.4, 0.5) is 4.79 Å². The Morgan fingerprint density at radius 1 is 0.800 bits per heavy atom. The number of unbranched alkanes of at least 4 members (excludes halogenated alkanes) is 1. The first-order valence-electron chi connectivity index (χ1n) is 15.5. The second-order valence-electron chi connectivity index (χ2n) is 14.2. The number of esters is 2. The summed E-state index contributed by atoms with van der Waals surface area (Å²) in [6, 6.07) is 8.26. The Bertz CT molecular complexity index is 1100. The minimum atomic E-state index is -1.01. The molecule has 254 valence electrons. The quantitative estimate of drug-likeness (QED) is 0.188. The molecule has 0 bridgehead atoms. The van der Waals surface area contributed by atoms with Crippen LogP contribution in [-0.2, 0) is 39.9 Å². The van der Waals surface area contributed by atoms with Gasteiger partial charge in [-0.15, -0.1) is 0 Å². The van der Waals surface area contributed by atoms with Gasteiger partial charge in [0.2, 0.25) is 5.91 Å². The van der Waals surface area contributed by atoms with Crippen molar-refractivity contribution in [3.05, 3.63) is 35.9 Å². The molecule has 3 amide bonds. The van der Waals surface area contributed by atoms with Crippen molar-refractivity contribution < 1.29 is 38.2 Å². The molecule has 1 aromatic carbocycles. The van der Waals surface area contributed by atoms with E-state index in [4.69, 9.17) is 19.1 Å². The summed E-state index contributed by atoms with van der Waals surface area (Å²) < 4.78 is 10.9. The third-order valence-electron chi connectivity index (χ3n) is 6.46. The second kappa shape index (κ2) is 19.6. The van der Waals surface area contributed by atoms with Crippen LogP contribution in [0.1, 0.15) is 107 Å². The number of benzene rings is 1. The van der Waals surface area contributed by atoms with Crippen molar-refractivity contribution in [2.24, 2.45) is 11.3 Å². The van der Waals surface area contributed by atoms with Crippen LogP contribution in [0.5, 0.6) is 0 Å². The molecule has 0 aromatic heterocycles. The van der Waals surface area contributed by atoms with Gasteiger partial charge in [-0.2, -0.15) is 9.59 Å². The molecule has 0 saturated heterocycles. The Labute approximate surface area is 269 Å². The van der Waals surface area contributed by atoms with Crippen LogP contribution >= 0.6 is 0 Å². The van der Waals surface area contributed by atoms with Gasteiger partial charge in [0.05, 0.1) is 0 Å². The molecule has 45 heavy (non-hydrogen) atoms. The smallest absolute Gasteiger partial charge is 0.373 e. The summed E-state index contributed by atoms with van der Waals surface area (Å²) in [5.41, 5.74) is -0.506. The monoisotopic (exact) mass is 633 g/mol. The number of nitrogens with one attached hydrogen (secondary N) is 3. The molecule has 11 heteroatoms. The lowest BCUT2D eigenvalue weighted by atomic mass is 9.84. The largest absolute Gasteiger partial charge is 0.460 e. The molecule has 3 N–H and O–H groups in total. The molecular formula is C34H55N3O8. The average Bonchev–Trinajstić information content (AvgIpc) is 2.88. The molecule has 0 aliphatic heterocycles. The zero-order valence-corrected chi connectivity index (χ0v) is 28.8. The number of amides is 3. The van der Waals surface area contributed by atoms with Gasteiger partial charge < -0.3 is 25.4 Å². The summed E-state index contributed by atoms with van der Waals surface area (Å²) in [6.45, 7) is 19.2. The Morgan fingerprint density at radius 2 is 1.36 bits per heavy atom. The maximum Gasteiger partial charge on any atom is 0.373 e. The van der Waals surface area contributed by atoms with Gasteiger partial charge in [-0.1, -0.05) is 58.0 Å². The molecule has 0 aliphatic rings. The highest BCUT2D eigenvalue weighted by Crippen LogP contribution is 2.24. The van der Waals surface area contributed by atoms with Gasteiger partial charge in [0.25, 0.3) is 0 Å². The van der Waals surface area contributed by atoms with Crippen LogP contribution in [0.3, 0.4) is 0 Å². The van der Waals surface area contributed by atoms with E-state index in [0.717, 1.165) is 18.4 Å². The molecular weight excluding hydrogens is 578 g/mol. The van der Waals surface area contributed by atoms with E-state index in [9.17, 15) is 19.2 Å². The first kappa shape index (κ1) is 41.3. The summed E-state index contributed by atoms with van der Waals surface area (Å²) >= 11 is 0. The molecule has 0 fully saturated rings. The van der Waals surface area contributed by atoms with E-state index in [1.54, 1.807) is 41.5 Å². The number of urea groups is 1. The van der Waals surface area contributed by atoms with E-state index in [-0.39, 0.29) is 42.3 Å². The normalized spacial score (nSPS) is 13.5. The number of carbonyl (C=O) groups excluding carboxylic acids is 6. The van der Waals surface area contributed by atoms with E-state index < -0.39 is 35.2 Å². The van der Waals surface area contributed by atoms with Crippen molar-refractivity contribution in [3.63, 3.8) is 0 Å². The van der Waals surface area contributed by atoms with Crippen molar-refractivity contribution >= 4 is 30.0 Å². The minimum Gasteiger partial charge on any atom is -0.460 e. The molecule has 0 unspecified atom stereocenters. The molecule has 0 saturated carbocycles. The number of carbonyl (C=O) groups is 4. The van der Waals surface area contributed by atoms with Gasteiger partial charge in [-0.05, 0) is 84.6 Å². The molecule has 0 spiro atoms. The highest BCUT2D eigenvalue weighted by atomic mass is 16.6. The number of hydrogen-bond acceptors (Lipinski definition) is 8. The van der Waals surface area contributed by atoms with E-state index in [1.807, 2.05) is 58.0 Å². The van der Waals surface area contributed by atoms with Gasteiger partial charge in [0.1, 0.15) is 17.2 Å². The molecule has 0 radical (unpaired) electrons. The summed E-state index contributed by atoms with van der Waals surface area (Å²) in [5.74, 6) is -1.14. The van der Waals surface area contributed by atoms with E-state index >= 15 is 0 Å². The highest BCUT2D eigenvalue weighted by molar-refractivity contribution is 5.84. The van der Waals surface area contributed by atoms with E-state index in [2.05, 4.69) is 16.0 Å². The van der Waals surface area contributed by atoms with Gasteiger partial charge in [0.15, 0.2) is 0 Å². The topological polar surface area (TPSA) is 157 Å². The Hall–Kier alpha value is -3.72. The average molecular weight is 634 g/mol. The first-order valence-corrected chi connectivity index (χ1v) is 15.5. The fraction of sp³-hybridized carbons (Fsp3) is 0.676. The van der Waals surface area contributed by atoms with Crippen molar-refractivity contribution in [2.75, 3.05) is 6.54 Å². The zero-order valence-electron chi connectivity index (χ0n) is 28.8. The van der Waals surface area contributed by atoms with Crippen molar-refractivity contribution in [2.45, 2.75) is 131 Å². The second-order valence-corrected chi connectivity index (χ2v) is 14.2. The molecule has 11 nitrogen and oxygen atoms in total. The highest BCUT2D eigenvalue weighted by Gasteiger charge is 2.31. The Morgan fingerprint density at radius 3 is 1.87 bits per heavy atom. The fourth-order valence-corrected chi connectivity index (χ4v) is 4.28. The van der Waals surface area contributed by atoms with Crippen LogP contribution in [0.2, 0.25) is 0 Å². The van der Waals surface area contributed by atoms with Crippen LogP contribution in [0.15, 0.2) is 30.3 Å². The molecule has 1 aromatic rings. The third-order valence-corrected chi connectivity index (χ3v) is 6.46. The zero-order chi connectivity index (χ0) is 34.8. The molecule has 0 heterocycles.